The SMILES string of the molecule is ClC(c1ccc(Br)cc1)c1ccco1. The predicted molar refractivity (Wildman–Crippen MR) is 60.5 cm³/mol. The molecule has 1 aromatic heterocycles. The van der Waals surface area contributed by atoms with E-state index < -0.39 is 0 Å². The summed E-state index contributed by atoms with van der Waals surface area (Å²) in [7, 11) is 0. The molecule has 72 valence electrons. The molecule has 0 spiro atoms. The Morgan fingerprint density at radius 1 is 1.14 bits per heavy atom. The van der Waals surface area contributed by atoms with E-state index in [1.807, 2.05) is 36.4 Å². The molecule has 0 N–H and O–H groups in total. The van der Waals surface area contributed by atoms with Gasteiger partial charge in [0.1, 0.15) is 11.1 Å². The molecule has 0 aliphatic heterocycles. The summed E-state index contributed by atoms with van der Waals surface area (Å²) in [6.07, 6.45) is 1.63. The summed E-state index contributed by atoms with van der Waals surface area (Å²) in [5.41, 5.74) is 1.03. The Morgan fingerprint density at radius 2 is 1.86 bits per heavy atom. The van der Waals surface area contributed by atoms with Gasteiger partial charge in [-0.2, -0.15) is 0 Å². The second-order valence-electron chi connectivity index (χ2n) is 2.93. The highest BCUT2D eigenvalue weighted by Gasteiger charge is 2.12. The van der Waals surface area contributed by atoms with Gasteiger partial charge in [0.25, 0.3) is 0 Å². The molecule has 1 nitrogen and oxygen atoms in total. The maximum absolute atomic E-state index is 6.22. The minimum Gasteiger partial charge on any atom is -0.467 e. The Balaban J connectivity index is 2.28. The van der Waals surface area contributed by atoms with E-state index in [0.717, 1.165) is 15.8 Å². The van der Waals surface area contributed by atoms with Gasteiger partial charge in [-0.3, -0.25) is 0 Å². The molecular weight excluding hydrogens is 263 g/mol. The molecule has 0 aliphatic carbocycles. The molecule has 0 radical (unpaired) electrons. The third-order valence-electron chi connectivity index (χ3n) is 1.96. The van der Waals surface area contributed by atoms with Crippen molar-refractivity contribution in [2.75, 3.05) is 0 Å². The fraction of sp³-hybridized carbons (Fsp3) is 0.0909. The molecule has 3 heteroatoms. The highest BCUT2D eigenvalue weighted by molar-refractivity contribution is 9.10. The van der Waals surface area contributed by atoms with Crippen LogP contribution >= 0.6 is 27.5 Å². The minimum absolute atomic E-state index is 0.210. The summed E-state index contributed by atoms with van der Waals surface area (Å²) in [5.74, 6) is 0.772. The average Bonchev–Trinajstić information content (AvgIpc) is 2.71. The van der Waals surface area contributed by atoms with Crippen LogP contribution in [0.1, 0.15) is 16.7 Å². The van der Waals surface area contributed by atoms with Gasteiger partial charge in [0.15, 0.2) is 0 Å². The Morgan fingerprint density at radius 3 is 2.43 bits per heavy atom. The summed E-state index contributed by atoms with van der Waals surface area (Å²) >= 11 is 9.59. The Hall–Kier alpha value is -0.730. The van der Waals surface area contributed by atoms with Gasteiger partial charge >= 0.3 is 0 Å². The quantitative estimate of drug-likeness (QED) is 0.739. The van der Waals surface area contributed by atoms with Crippen LogP contribution in [0, 0.1) is 0 Å². The van der Waals surface area contributed by atoms with Crippen LogP contribution in [0.5, 0.6) is 0 Å². The Labute approximate surface area is 95.8 Å². The lowest BCUT2D eigenvalue weighted by Gasteiger charge is -2.06. The average molecular weight is 272 g/mol. The lowest BCUT2D eigenvalue weighted by Crippen LogP contribution is -1.89. The number of benzene rings is 1. The van der Waals surface area contributed by atoms with Crippen LogP contribution in [0.3, 0.4) is 0 Å². The minimum atomic E-state index is -0.210. The summed E-state index contributed by atoms with van der Waals surface area (Å²) in [6, 6.07) is 11.6. The molecule has 0 saturated carbocycles. The molecule has 2 aromatic rings. The third-order valence-corrected chi connectivity index (χ3v) is 2.95. The van der Waals surface area contributed by atoms with Crippen LogP contribution < -0.4 is 0 Å². The van der Waals surface area contributed by atoms with Gasteiger partial charge in [-0.15, -0.1) is 11.6 Å². The number of furan rings is 1. The molecule has 1 unspecified atom stereocenters. The van der Waals surface area contributed by atoms with Crippen LogP contribution in [-0.4, -0.2) is 0 Å². The van der Waals surface area contributed by atoms with Crippen LogP contribution in [0.4, 0.5) is 0 Å². The first kappa shape index (κ1) is 9.81. The standard InChI is InChI=1S/C11H8BrClO/c12-9-5-3-8(4-6-9)11(13)10-2-1-7-14-10/h1-7,11H. The van der Waals surface area contributed by atoms with Gasteiger partial charge in [-0.05, 0) is 29.8 Å². The van der Waals surface area contributed by atoms with Gasteiger partial charge in [-0.25, -0.2) is 0 Å². The Bertz CT molecular complexity index is 394. The zero-order valence-electron chi connectivity index (χ0n) is 7.28. The topological polar surface area (TPSA) is 13.1 Å². The number of hydrogen-bond acceptors (Lipinski definition) is 1. The fourth-order valence-corrected chi connectivity index (χ4v) is 1.77. The van der Waals surface area contributed by atoms with E-state index in [4.69, 9.17) is 16.0 Å². The van der Waals surface area contributed by atoms with E-state index >= 15 is 0 Å². The highest BCUT2D eigenvalue weighted by Crippen LogP contribution is 2.29. The molecule has 2 rings (SSSR count). The maximum atomic E-state index is 6.22. The maximum Gasteiger partial charge on any atom is 0.126 e. The van der Waals surface area contributed by atoms with Gasteiger partial charge < -0.3 is 4.42 Å². The molecular formula is C11H8BrClO. The van der Waals surface area contributed by atoms with E-state index in [1.54, 1.807) is 6.26 Å². The first-order valence-corrected chi connectivity index (χ1v) is 5.43. The largest absolute Gasteiger partial charge is 0.467 e. The van der Waals surface area contributed by atoms with Crippen molar-refractivity contribution < 1.29 is 4.42 Å². The molecule has 0 bridgehead atoms. The molecule has 0 fully saturated rings. The molecule has 1 atom stereocenters. The number of rotatable bonds is 2. The summed E-state index contributed by atoms with van der Waals surface area (Å²) < 4.78 is 6.28. The van der Waals surface area contributed by atoms with E-state index in [2.05, 4.69) is 15.9 Å². The predicted octanol–water partition coefficient (Wildman–Crippen LogP) is 4.37. The van der Waals surface area contributed by atoms with Crippen molar-refractivity contribution in [3.05, 3.63) is 58.5 Å². The zero-order valence-corrected chi connectivity index (χ0v) is 9.62. The highest BCUT2D eigenvalue weighted by atomic mass is 79.9. The summed E-state index contributed by atoms with van der Waals surface area (Å²) in [5, 5.41) is -0.210. The van der Waals surface area contributed by atoms with E-state index in [0.29, 0.717) is 0 Å². The van der Waals surface area contributed by atoms with Crippen molar-refractivity contribution in [1.82, 2.24) is 0 Å². The monoisotopic (exact) mass is 270 g/mol. The first-order chi connectivity index (χ1) is 6.77. The third kappa shape index (κ3) is 2.02. The van der Waals surface area contributed by atoms with Crippen molar-refractivity contribution in [1.29, 1.82) is 0 Å². The summed E-state index contributed by atoms with van der Waals surface area (Å²) in [6.45, 7) is 0. The van der Waals surface area contributed by atoms with Crippen molar-refractivity contribution in [2.45, 2.75) is 5.38 Å². The van der Waals surface area contributed by atoms with Crippen LogP contribution in [-0.2, 0) is 0 Å². The van der Waals surface area contributed by atoms with Crippen molar-refractivity contribution in [3.8, 4) is 0 Å². The zero-order chi connectivity index (χ0) is 9.97. The van der Waals surface area contributed by atoms with Crippen molar-refractivity contribution >= 4 is 27.5 Å². The second-order valence-corrected chi connectivity index (χ2v) is 4.28. The van der Waals surface area contributed by atoms with E-state index in [1.165, 1.54) is 0 Å². The van der Waals surface area contributed by atoms with Gasteiger partial charge in [0, 0.05) is 4.47 Å². The molecule has 1 aromatic carbocycles. The summed E-state index contributed by atoms with van der Waals surface area (Å²) in [4.78, 5) is 0. The molecule has 0 aliphatic rings. The lowest BCUT2D eigenvalue weighted by molar-refractivity contribution is 0.516. The lowest BCUT2D eigenvalue weighted by atomic mass is 10.1. The number of hydrogen-bond donors (Lipinski definition) is 0. The van der Waals surface area contributed by atoms with E-state index in [9.17, 15) is 0 Å². The van der Waals surface area contributed by atoms with Gasteiger partial charge in [-0.1, -0.05) is 28.1 Å². The molecule has 1 heterocycles. The number of alkyl halides is 1. The molecule has 0 amide bonds. The first-order valence-electron chi connectivity index (χ1n) is 4.20. The smallest absolute Gasteiger partial charge is 0.126 e. The number of halogens is 2. The van der Waals surface area contributed by atoms with Crippen molar-refractivity contribution in [2.24, 2.45) is 0 Å². The van der Waals surface area contributed by atoms with Crippen LogP contribution in [0.15, 0.2) is 51.6 Å². The normalized spacial score (nSPS) is 12.7. The Kier molecular flexibility index (Phi) is 2.94. The molecule has 14 heavy (non-hydrogen) atoms. The fourth-order valence-electron chi connectivity index (χ4n) is 1.23. The van der Waals surface area contributed by atoms with Gasteiger partial charge in [0.05, 0.1) is 6.26 Å². The molecule has 0 saturated heterocycles. The van der Waals surface area contributed by atoms with E-state index in [-0.39, 0.29) is 5.38 Å². The van der Waals surface area contributed by atoms with Crippen molar-refractivity contribution in [3.63, 3.8) is 0 Å². The van der Waals surface area contributed by atoms with Crippen LogP contribution in [0.25, 0.3) is 0 Å². The second kappa shape index (κ2) is 4.20. The van der Waals surface area contributed by atoms with Crippen LogP contribution in [0.2, 0.25) is 0 Å². The van der Waals surface area contributed by atoms with Gasteiger partial charge in [0.2, 0.25) is 0 Å².